The van der Waals surface area contributed by atoms with Crippen molar-refractivity contribution in [3.05, 3.63) is 23.7 Å². The number of hydrogen-bond acceptors (Lipinski definition) is 3. The molecule has 1 heterocycles. The van der Waals surface area contributed by atoms with E-state index in [2.05, 4.69) is 0 Å². The normalized spacial score (nSPS) is 12.5. The van der Waals surface area contributed by atoms with Crippen molar-refractivity contribution >= 4 is 17.6 Å². The molecule has 72 valence electrons. The summed E-state index contributed by atoms with van der Waals surface area (Å²) in [5.74, 6) is 0.682. The molecule has 0 aromatic carbocycles. The maximum atomic E-state index is 11.1. The monoisotopic (exact) mass is 202 g/mol. The first kappa shape index (κ1) is 10.1. The fraction of sp³-hybridized carbons (Fsp3) is 0.444. The molecule has 13 heavy (non-hydrogen) atoms. The van der Waals surface area contributed by atoms with Crippen LogP contribution in [-0.4, -0.2) is 12.6 Å². The first-order valence-electron chi connectivity index (χ1n) is 4.02. The summed E-state index contributed by atoms with van der Waals surface area (Å²) in [5, 5.41) is -0.839. The second kappa shape index (κ2) is 4.33. The van der Waals surface area contributed by atoms with Gasteiger partial charge in [-0.05, 0) is 26.0 Å². The van der Waals surface area contributed by atoms with E-state index in [9.17, 15) is 4.79 Å². The number of esters is 1. The van der Waals surface area contributed by atoms with E-state index >= 15 is 0 Å². The van der Waals surface area contributed by atoms with Gasteiger partial charge in [0.05, 0.1) is 6.61 Å². The molecule has 0 fully saturated rings. The van der Waals surface area contributed by atoms with Crippen LogP contribution < -0.4 is 0 Å². The van der Waals surface area contributed by atoms with Gasteiger partial charge in [0.1, 0.15) is 11.5 Å². The van der Waals surface area contributed by atoms with Crippen molar-refractivity contribution in [3.8, 4) is 0 Å². The first-order chi connectivity index (χ1) is 6.15. The van der Waals surface area contributed by atoms with Crippen molar-refractivity contribution in [2.45, 2.75) is 19.2 Å². The molecule has 0 aliphatic carbocycles. The minimum absolute atomic E-state index is 0.321. The predicted molar refractivity (Wildman–Crippen MR) is 48.7 cm³/mol. The SMILES string of the molecule is CCOC(=O)C(Cl)c1ccc(C)o1. The van der Waals surface area contributed by atoms with Crippen LogP contribution >= 0.6 is 11.6 Å². The van der Waals surface area contributed by atoms with Gasteiger partial charge in [-0.3, -0.25) is 0 Å². The van der Waals surface area contributed by atoms with Crippen LogP contribution in [0, 0.1) is 6.92 Å². The number of halogens is 1. The highest BCUT2D eigenvalue weighted by molar-refractivity contribution is 6.29. The Balaban J connectivity index is 2.67. The van der Waals surface area contributed by atoms with Crippen LogP contribution in [0.2, 0.25) is 0 Å². The highest BCUT2D eigenvalue weighted by atomic mass is 35.5. The van der Waals surface area contributed by atoms with Crippen molar-refractivity contribution < 1.29 is 13.9 Å². The Hall–Kier alpha value is -0.960. The molecule has 1 unspecified atom stereocenters. The molecule has 1 atom stereocenters. The van der Waals surface area contributed by atoms with Crippen LogP contribution in [0.25, 0.3) is 0 Å². The van der Waals surface area contributed by atoms with E-state index in [1.807, 2.05) is 0 Å². The molecular formula is C9H11ClO3. The molecule has 0 spiro atoms. The molecule has 0 aliphatic heterocycles. The smallest absolute Gasteiger partial charge is 0.331 e. The second-order valence-corrected chi connectivity index (χ2v) is 3.00. The summed E-state index contributed by atoms with van der Waals surface area (Å²) in [6, 6.07) is 3.42. The topological polar surface area (TPSA) is 39.4 Å². The zero-order valence-electron chi connectivity index (χ0n) is 7.54. The van der Waals surface area contributed by atoms with Gasteiger partial charge in [-0.1, -0.05) is 0 Å². The lowest BCUT2D eigenvalue weighted by Crippen LogP contribution is -2.10. The van der Waals surface area contributed by atoms with E-state index in [0.717, 1.165) is 5.76 Å². The Kier molecular flexibility index (Phi) is 3.37. The van der Waals surface area contributed by atoms with Crippen LogP contribution in [0.3, 0.4) is 0 Å². The van der Waals surface area contributed by atoms with E-state index in [1.54, 1.807) is 26.0 Å². The highest BCUT2D eigenvalue weighted by Gasteiger charge is 2.21. The molecular weight excluding hydrogens is 192 g/mol. The quantitative estimate of drug-likeness (QED) is 0.558. The van der Waals surface area contributed by atoms with Gasteiger partial charge >= 0.3 is 5.97 Å². The number of alkyl halides is 1. The van der Waals surface area contributed by atoms with E-state index in [-0.39, 0.29) is 0 Å². The van der Waals surface area contributed by atoms with Crippen molar-refractivity contribution in [1.29, 1.82) is 0 Å². The number of aryl methyl sites for hydroxylation is 1. The molecule has 0 amide bonds. The molecule has 1 rings (SSSR count). The second-order valence-electron chi connectivity index (χ2n) is 2.56. The molecule has 0 N–H and O–H groups in total. The predicted octanol–water partition coefficient (Wildman–Crippen LogP) is 2.43. The molecule has 4 heteroatoms. The van der Waals surface area contributed by atoms with Crippen LogP contribution in [0.5, 0.6) is 0 Å². The highest BCUT2D eigenvalue weighted by Crippen LogP contribution is 2.23. The van der Waals surface area contributed by atoms with Gasteiger partial charge in [-0.2, -0.15) is 0 Å². The summed E-state index contributed by atoms with van der Waals surface area (Å²) in [7, 11) is 0. The van der Waals surface area contributed by atoms with Gasteiger partial charge in [0, 0.05) is 0 Å². The maximum absolute atomic E-state index is 11.1. The van der Waals surface area contributed by atoms with Crippen molar-refractivity contribution in [2.75, 3.05) is 6.61 Å². The number of rotatable bonds is 3. The van der Waals surface area contributed by atoms with E-state index in [0.29, 0.717) is 12.4 Å². The van der Waals surface area contributed by atoms with Gasteiger partial charge in [0.25, 0.3) is 0 Å². The number of furan rings is 1. The molecule has 0 aliphatic rings. The van der Waals surface area contributed by atoms with Crippen molar-refractivity contribution in [1.82, 2.24) is 0 Å². The minimum Gasteiger partial charge on any atom is -0.465 e. The van der Waals surface area contributed by atoms with Gasteiger partial charge < -0.3 is 9.15 Å². The van der Waals surface area contributed by atoms with E-state index < -0.39 is 11.3 Å². The van der Waals surface area contributed by atoms with Gasteiger partial charge in [-0.25, -0.2) is 4.79 Å². The van der Waals surface area contributed by atoms with Gasteiger partial charge in [-0.15, -0.1) is 11.6 Å². The zero-order chi connectivity index (χ0) is 9.84. The van der Waals surface area contributed by atoms with E-state index in [4.69, 9.17) is 20.8 Å². The summed E-state index contributed by atoms with van der Waals surface area (Å²) in [6.07, 6.45) is 0. The zero-order valence-corrected chi connectivity index (χ0v) is 8.30. The fourth-order valence-corrected chi connectivity index (χ4v) is 1.10. The minimum atomic E-state index is -0.839. The molecule has 0 saturated carbocycles. The van der Waals surface area contributed by atoms with Crippen LogP contribution in [0.1, 0.15) is 23.8 Å². The summed E-state index contributed by atoms with van der Waals surface area (Å²) in [6.45, 7) is 3.84. The Labute approximate surface area is 81.6 Å². The Morgan fingerprint density at radius 3 is 2.85 bits per heavy atom. The average Bonchev–Trinajstić information content (AvgIpc) is 2.51. The summed E-state index contributed by atoms with van der Waals surface area (Å²) < 4.78 is 9.92. The molecule has 0 bridgehead atoms. The van der Waals surface area contributed by atoms with Gasteiger partial charge in [0.2, 0.25) is 0 Å². The standard InChI is InChI=1S/C9H11ClO3/c1-3-12-9(11)8(10)7-5-4-6(2)13-7/h4-5,8H,3H2,1-2H3. The number of carbonyl (C=O) groups excluding carboxylic acids is 1. The lowest BCUT2D eigenvalue weighted by molar-refractivity contribution is -0.143. The molecule has 3 nitrogen and oxygen atoms in total. The number of hydrogen-bond donors (Lipinski definition) is 0. The van der Waals surface area contributed by atoms with Crippen LogP contribution in [-0.2, 0) is 9.53 Å². The van der Waals surface area contributed by atoms with Crippen molar-refractivity contribution in [2.24, 2.45) is 0 Å². The average molecular weight is 203 g/mol. The maximum Gasteiger partial charge on any atom is 0.331 e. The molecule has 0 saturated heterocycles. The van der Waals surface area contributed by atoms with E-state index in [1.165, 1.54) is 0 Å². The molecule has 0 radical (unpaired) electrons. The fourth-order valence-electron chi connectivity index (χ4n) is 0.921. The van der Waals surface area contributed by atoms with Crippen molar-refractivity contribution in [3.63, 3.8) is 0 Å². The Bertz CT molecular complexity index is 293. The third kappa shape index (κ3) is 2.49. The number of ether oxygens (including phenoxy) is 1. The third-order valence-electron chi connectivity index (χ3n) is 1.50. The number of carbonyl (C=O) groups is 1. The van der Waals surface area contributed by atoms with Crippen LogP contribution in [0.15, 0.2) is 16.5 Å². The summed E-state index contributed by atoms with van der Waals surface area (Å²) in [4.78, 5) is 11.1. The summed E-state index contributed by atoms with van der Waals surface area (Å²) >= 11 is 5.78. The Morgan fingerprint density at radius 2 is 2.38 bits per heavy atom. The van der Waals surface area contributed by atoms with Gasteiger partial charge in [0.15, 0.2) is 5.38 Å². The Morgan fingerprint density at radius 1 is 1.69 bits per heavy atom. The lowest BCUT2D eigenvalue weighted by atomic mass is 10.3. The third-order valence-corrected chi connectivity index (χ3v) is 1.90. The lowest BCUT2D eigenvalue weighted by Gasteiger charge is -2.04. The molecule has 1 aromatic rings. The van der Waals surface area contributed by atoms with Crippen LogP contribution in [0.4, 0.5) is 0 Å². The largest absolute Gasteiger partial charge is 0.465 e. The molecule has 1 aromatic heterocycles. The summed E-state index contributed by atoms with van der Waals surface area (Å²) in [5.41, 5.74) is 0. The first-order valence-corrected chi connectivity index (χ1v) is 4.45.